The molecule has 0 aliphatic carbocycles. The van der Waals surface area contributed by atoms with Crippen molar-refractivity contribution in [2.24, 2.45) is 0 Å². The van der Waals surface area contributed by atoms with E-state index in [0.717, 1.165) is 17.8 Å². The monoisotopic (exact) mass is 363 g/mol. The van der Waals surface area contributed by atoms with Crippen LogP contribution in [-0.2, 0) is 6.42 Å². The molecule has 6 heteroatoms. The number of benzene rings is 2. The molecule has 27 heavy (non-hydrogen) atoms. The number of imidazole rings is 1. The van der Waals surface area contributed by atoms with Crippen LogP contribution < -0.4 is 14.8 Å². The number of aromatic amines is 1. The van der Waals surface area contributed by atoms with Crippen molar-refractivity contribution in [2.75, 3.05) is 13.2 Å². The third-order valence-electron chi connectivity index (χ3n) is 4.47. The van der Waals surface area contributed by atoms with E-state index >= 15 is 0 Å². The van der Waals surface area contributed by atoms with Crippen LogP contribution in [0.3, 0.4) is 0 Å². The molecule has 1 atom stereocenters. The number of hydrogen-bond acceptors (Lipinski definition) is 4. The Bertz CT molecular complexity index is 894. The van der Waals surface area contributed by atoms with Gasteiger partial charge >= 0.3 is 0 Å². The first-order valence-corrected chi connectivity index (χ1v) is 9.03. The summed E-state index contributed by atoms with van der Waals surface area (Å²) in [4.78, 5) is 20.3. The number of aromatic nitrogens is 2. The van der Waals surface area contributed by atoms with E-state index in [1.807, 2.05) is 30.3 Å². The molecule has 138 valence electrons. The van der Waals surface area contributed by atoms with Gasteiger partial charge in [-0.05, 0) is 23.8 Å². The molecule has 1 amide bonds. The Kier molecular flexibility index (Phi) is 5.05. The minimum absolute atomic E-state index is 0.161. The zero-order chi connectivity index (χ0) is 18.5. The molecular weight excluding hydrogens is 342 g/mol. The highest BCUT2D eigenvalue weighted by atomic mass is 16.5. The lowest BCUT2D eigenvalue weighted by Gasteiger charge is -2.19. The number of hydrogen-bond donors (Lipinski definition) is 2. The maximum Gasteiger partial charge on any atom is 0.251 e. The number of H-pyrrole nitrogens is 1. The number of amides is 1. The Labute approximate surface area is 157 Å². The summed E-state index contributed by atoms with van der Waals surface area (Å²) in [6.07, 6.45) is 4.90. The van der Waals surface area contributed by atoms with Gasteiger partial charge in [0.15, 0.2) is 11.5 Å². The fourth-order valence-electron chi connectivity index (χ4n) is 3.09. The molecular formula is C21H21N3O3. The summed E-state index contributed by atoms with van der Waals surface area (Å²) >= 11 is 0. The molecule has 0 fully saturated rings. The van der Waals surface area contributed by atoms with Gasteiger partial charge in [-0.1, -0.05) is 30.3 Å². The SMILES string of the molecule is O=C(N[C@@H](Cc1ncc[nH]1)c1ccccc1)c1ccc2c(c1)OCCCO2. The van der Waals surface area contributed by atoms with Crippen LogP contribution in [0.4, 0.5) is 0 Å². The van der Waals surface area contributed by atoms with Gasteiger partial charge in [0.2, 0.25) is 0 Å². The lowest BCUT2D eigenvalue weighted by molar-refractivity contribution is 0.0935. The van der Waals surface area contributed by atoms with Gasteiger partial charge in [0, 0.05) is 30.8 Å². The first-order chi connectivity index (χ1) is 13.3. The fourth-order valence-corrected chi connectivity index (χ4v) is 3.09. The maximum atomic E-state index is 12.9. The van der Waals surface area contributed by atoms with Crippen LogP contribution in [-0.4, -0.2) is 29.1 Å². The number of nitrogens with zero attached hydrogens (tertiary/aromatic N) is 1. The highest BCUT2D eigenvalue weighted by molar-refractivity contribution is 5.95. The van der Waals surface area contributed by atoms with Gasteiger partial charge in [-0.2, -0.15) is 0 Å². The molecule has 3 aromatic rings. The summed E-state index contributed by atoms with van der Waals surface area (Å²) in [6, 6.07) is 15.0. The second kappa shape index (κ2) is 7.95. The van der Waals surface area contributed by atoms with Gasteiger partial charge in [0.05, 0.1) is 19.3 Å². The van der Waals surface area contributed by atoms with Crippen molar-refractivity contribution in [1.29, 1.82) is 0 Å². The summed E-state index contributed by atoms with van der Waals surface area (Å²) in [6.45, 7) is 1.21. The van der Waals surface area contributed by atoms with E-state index < -0.39 is 0 Å². The number of nitrogens with one attached hydrogen (secondary N) is 2. The van der Waals surface area contributed by atoms with Crippen molar-refractivity contribution in [3.05, 3.63) is 77.9 Å². The van der Waals surface area contributed by atoms with Crippen molar-refractivity contribution in [1.82, 2.24) is 15.3 Å². The molecule has 0 spiro atoms. The third-order valence-corrected chi connectivity index (χ3v) is 4.47. The molecule has 2 heterocycles. The molecule has 0 bridgehead atoms. The highest BCUT2D eigenvalue weighted by Crippen LogP contribution is 2.30. The Morgan fingerprint density at radius 1 is 1.11 bits per heavy atom. The van der Waals surface area contributed by atoms with Crippen LogP contribution in [0.5, 0.6) is 11.5 Å². The zero-order valence-corrected chi connectivity index (χ0v) is 14.9. The number of rotatable bonds is 5. The summed E-state index contributed by atoms with van der Waals surface area (Å²) < 4.78 is 11.3. The zero-order valence-electron chi connectivity index (χ0n) is 14.9. The molecule has 4 rings (SSSR count). The minimum atomic E-state index is -0.194. The number of ether oxygens (including phenoxy) is 2. The molecule has 1 aliphatic heterocycles. The van der Waals surface area contributed by atoms with Crippen LogP contribution in [0.25, 0.3) is 0 Å². The van der Waals surface area contributed by atoms with Crippen molar-refractivity contribution in [3.8, 4) is 11.5 Å². The van der Waals surface area contributed by atoms with Gasteiger partial charge < -0.3 is 19.8 Å². The van der Waals surface area contributed by atoms with E-state index in [1.165, 1.54) is 0 Å². The quantitative estimate of drug-likeness (QED) is 0.729. The van der Waals surface area contributed by atoms with Crippen LogP contribution in [0.15, 0.2) is 60.9 Å². The molecule has 1 aliphatic rings. The number of carbonyl (C=O) groups is 1. The molecule has 2 aromatic carbocycles. The summed E-state index contributed by atoms with van der Waals surface area (Å²) in [5, 5.41) is 3.12. The van der Waals surface area contributed by atoms with Gasteiger partial charge in [-0.15, -0.1) is 0 Å². The molecule has 0 saturated carbocycles. The first-order valence-electron chi connectivity index (χ1n) is 9.03. The molecule has 0 saturated heterocycles. The predicted molar refractivity (Wildman–Crippen MR) is 101 cm³/mol. The topological polar surface area (TPSA) is 76.2 Å². The summed E-state index contributed by atoms with van der Waals surface area (Å²) in [5.41, 5.74) is 1.57. The summed E-state index contributed by atoms with van der Waals surface area (Å²) in [7, 11) is 0. The maximum absolute atomic E-state index is 12.9. The van der Waals surface area contributed by atoms with E-state index in [-0.39, 0.29) is 11.9 Å². The average Bonchev–Trinajstić information content (AvgIpc) is 3.10. The Balaban J connectivity index is 1.55. The lowest BCUT2D eigenvalue weighted by atomic mass is 10.0. The van der Waals surface area contributed by atoms with Crippen molar-refractivity contribution in [2.45, 2.75) is 18.9 Å². The molecule has 2 N–H and O–H groups in total. The van der Waals surface area contributed by atoms with Crippen molar-refractivity contribution in [3.63, 3.8) is 0 Å². The molecule has 1 aromatic heterocycles. The van der Waals surface area contributed by atoms with E-state index in [0.29, 0.717) is 36.7 Å². The Morgan fingerprint density at radius 3 is 2.70 bits per heavy atom. The van der Waals surface area contributed by atoms with Gasteiger partial charge in [-0.25, -0.2) is 4.98 Å². The second-order valence-corrected chi connectivity index (χ2v) is 6.39. The predicted octanol–water partition coefficient (Wildman–Crippen LogP) is 3.28. The van der Waals surface area contributed by atoms with Crippen molar-refractivity contribution >= 4 is 5.91 Å². The van der Waals surface area contributed by atoms with E-state index in [1.54, 1.807) is 30.6 Å². The first kappa shape index (κ1) is 17.1. The number of fused-ring (bicyclic) bond motifs is 1. The highest BCUT2D eigenvalue weighted by Gasteiger charge is 2.19. The molecule has 0 radical (unpaired) electrons. The van der Waals surface area contributed by atoms with Crippen LogP contribution >= 0.6 is 0 Å². The van der Waals surface area contributed by atoms with Crippen LogP contribution in [0.1, 0.15) is 34.2 Å². The standard InChI is InChI=1S/C21H21N3O3/c25-21(16-7-8-18-19(13-16)27-12-4-11-26-18)24-17(14-20-22-9-10-23-20)15-5-2-1-3-6-15/h1-3,5-10,13,17H,4,11-12,14H2,(H,22,23)(H,24,25)/t17-/m0/s1. The van der Waals surface area contributed by atoms with E-state index in [2.05, 4.69) is 15.3 Å². The van der Waals surface area contributed by atoms with Crippen molar-refractivity contribution < 1.29 is 14.3 Å². The Morgan fingerprint density at radius 2 is 1.93 bits per heavy atom. The van der Waals surface area contributed by atoms with Crippen LogP contribution in [0.2, 0.25) is 0 Å². The molecule has 6 nitrogen and oxygen atoms in total. The number of carbonyl (C=O) groups excluding carboxylic acids is 1. The Hall–Kier alpha value is -3.28. The lowest BCUT2D eigenvalue weighted by Crippen LogP contribution is -2.30. The normalized spacial score (nSPS) is 14.2. The van der Waals surface area contributed by atoms with Gasteiger partial charge in [-0.3, -0.25) is 4.79 Å². The minimum Gasteiger partial charge on any atom is -0.490 e. The fraction of sp³-hybridized carbons (Fsp3) is 0.238. The average molecular weight is 363 g/mol. The summed E-state index contributed by atoms with van der Waals surface area (Å²) in [5.74, 6) is 1.95. The van der Waals surface area contributed by atoms with E-state index in [9.17, 15) is 4.79 Å². The van der Waals surface area contributed by atoms with Gasteiger partial charge in [0.25, 0.3) is 5.91 Å². The molecule has 0 unspecified atom stereocenters. The third kappa shape index (κ3) is 4.11. The largest absolute Gasteiger partial charge is 0.490 e. The van der Waals surface area contributed by atoms with Crippen LogP contribution in [0, 0.1) is 0 Å². The van der Waals surface area contributed by atoms with Gasteiger partial charge in [0.1, 0.15) is 5.82 Å². The smallest absolute Gasteiger partial charge is 0.251 e. The van der Waals surface area contributed by atoms with E-state index in [4.69, 9.17) is 9.47 Å². The second-order valence-electron chi connectivity index (χ2n) is 6.39.